The number of aromatic nitrogens is 4. The molecular weight excluding hydrogens is 612 g/mol. The summed E-state index contributed by atoms with van der Waals surface area (Å²) >= 11 is 6.18. The molecule has 234 valence electrons. The molecule has 1 atom stereocenters. The Morgan fingerprint density at radius 2 is 1.73 bits per heavy atom. The molecule has 45 heavy (non-hydrogen) atoms. The zero-order valence-electron chi connectivity index (χ0n) is 25.2. The Bertz CT molecular complexity index is 1810. The minimum absolute atomic E-state index is 0.0810. The van der Waals surface area contributed by atoms with E-state index in [-0.39, 0.29) is 52.5 Å². The molecule has 10 nitrogen and oxygen atoms in total. The third kappa shape index (κ3) is 7.10. The van der Waals surface area contributed by atoms with Crippen molar-refractivity contribution in [3.05, 3.63) is 88.5 Å². The highest BCUT2D eigenvalue weighted by atomic mass is 35.5. The maximum atomic E-state index is 14.3. The van der Waals surface area contributed by atoms with Gasteiger partial charge in [0.05, 0.1) is 41.3 Å². The molecule has 0 unspecified atom stereocenters. The zero-order valence-corrected chi connectivity index (χ0v) is 26.8. The van der Waals surface area contributed by atoms with Crippen LogP contribution in [0.2, 0.25) is 5.15 Å². The first-order chi connectivity index (χ1) is 21.7. The molecule has 2 aromatic heterocycles. The van der Waals surface area contributed by atoms with Gasteiger partial charge in [-0.25, -0.2) is 23.1 Å². The summed E-state index contributed by atoms with van der Waals surface area (Å²) in [5, 5.41) is 0.220. The summed E-state index contributed by atoms with van der Waals surface area (Å²) < 4.78 is 36.1. The third-order valence-corrected chi connectivity index (χ3v) is 10.0. The lowest BCUT2D eigenvalue weighted by Crippen LogP contribution is -2.44. The van der Waals surface area contributed by atoms with Crippen LogP contribution in [0.5, 0.6) is 5.88 Å². The fraction of sp³-hybridized carbons (Fsp3) is 0.364. The molecule has 1 N–H and O–H groups in total. The molecule has 1 aliphatic carbocycles. The Morgan fingerprint density at radius 3 is 2.49 bits per heavy atom. The van der Waals surface area contributed by atoms with Gasteiger partial charge in [0, 0.05) is 17.2 Å². The minimum atomic E-state index is -4.16. The highest BCUT2D eigenvalue weighted by Gasteiger charge is 2.31. The van der Waals surface area contributed by atoms with Crippen molar-refractivity contribution in [1.82, 2.24) is 24.8 Å². The molecule has 1 aliphatic heterocycles. The second kappa shape index (κ2) is 13.1. The molecule has 3 heterocycles. The number of amides is 1. The summed E-state index contributed by atoms with van der Waals surface area (Å²) in [4.78, 5) is 33.6. The maximum Gasteiger partial charge on any atom is 0.264 e. The number of fused-ring (bicyclic) bond motifs is 4. The number of nitrogens with zero attached hydrogens (tertiary/aromatic N) is 5. The molecule has 6 rings (SSSR count). The Kier molecular flexibility index (Phi) is 9.00. The minimum Gasteiger partial charge on any atom is -0.475 e. The van der Waals surface area contributed by atoms with E-state index in [2.05, 4.69) is 24.7 Å². The van der Waals surface area contributed by atoms with Gasteiger partial charge < -0.3 is 9.64 Å². The van der Waals surface area contributed by atoms with Crippen molar-refractivity contribution < 1.29 is 17.9 Å². The van der Waals surface area contributed by atoms with E-state index in [0.29, 0.717) is 23.7 Å². The number of rotatable bonds is 5. The van der Waals surface area contributed by atoms with Crippen LogP contribution in [0.25, 0.3) is 11.3 Å². The van der Waals surface area contributed by atoms with E-state index in [1.165, 1.54) is 24.8 Å². The van der Waals surface area contributed by atoms with Gasteiger partial charge in [-0.1, -0.05) is 68.0 Å². The number of benzene rings is 2. The van der Waals surface area contributed by atoms with E-state index >= 15 is 0 Å². The van der Waals surface area contributed by atoms with Crippen molar-refractivity contribution in [2.45, 2.75) is 69.9 Å². The summed E-state index contributed by atoms with van der Waals surface area (Å²) in [7, 11) is -4.16. The standard InChI is InChI=1S/C33H35ClN6O4S/c1-21-8-6-9-22(2)31(21)28-16-30-38-33(37-28)39-45(42,43)27-13-7-12-24(15-27)32(41)40(19-25-17-35-18-29(34)36-25)26(20-44-30)14-23-10-4-3-5-11-23/h6-9,12-13,15-18,23,26H,3-5,10-11,14,19-20H2,1-2H3,(H,37,38,39)/t26-/m1/s1. The van der Waals surface area contributed by atoms with Crippen LogP contribution in [0, 0.1) is 19.8 Å². The predicted octanol–water partition coefficient (Wildman–Crippen LogP) is 6.38. The van der Waals surface area contributed by atoms with Crippen molar-refractivity contribution >= 4 is 33.5 Å². The van der Waals surface area contributed by atoms with Crippen LogP contribution >= 0.6 is 11.6 Å². The average molecular weight is 647 g/mol. The number of hydrogen-bond donors (Lipinski definition) is 1. The van der Waals surface area contributed by atoms with Gasteiger partial charge in [0.2, 0.25) is 11.8 Å². The molecular formula is C33H35ClN6O4S. The topological polar surface area (TPSA) is 127 Å². The van der Waals surface area contributed by atoms with Gasteiger partial charge in [-0.05, 0) is 55.5 Å². The van der Waals surface area contributed by atoms with Gasteiger partial charge in [-0.2, -0.15) is 4.98 Å². The van der Waals surface area contributed by atoms with Gasteiger partial charge in [-0.3, -0.25) is 9.78 Å². The number of carbonyl (C=O) groups is 1. The van der Waals surface area contributed by atoms with E-state index in [4.69, 9.17) is 16.3 Å². The largest absolute Gasteiger partial charge is 0.475 e. The normalized spacial score (nSPS) is 18.6. The van der Waals surface area contributed by atoms with E-state index in [1.54, 1.807) is 29.3 Å². The Hall–Kier alpha value is -4.09. The molecule has 2 aromatic carbocycles. The summed E-state index contributed by atoms with van der Waals surface area (Å²) in [5.41, 5.74) is 4.10. The molecule has 0 radical (unpaired) electrons. The van der Waals surface area contributed by atoms with Crippen LogP contribution in [0.4, 0.5) is 5.95 Å². The lowest BCUT2D eigenvalue weighted by Gasteiger charge is -2.35. The van der Waals surface area contributed by atoms with Crippen LogP contribution in [-0.4, -0.2) is 51.8 Å². The second-order valence-electron chi connectivity index (χ2n) is 11.8. The molecule has 1 fully saturated rings. The Labute approximate surface area is 268 Å². The van der Waals surface area contributed by atoms with Crippen LogP contribution in [-0.2, 0) is 16.6 Å². The number of ether oxygens (including phenoxy) is 1. The number of carbonyl (C=O) groups excluding carboxylic acids is 1. The summed E-state index contributed by atoms with van der Waals surface area (Å²) in [6, 6.07) is 13.3. The number of halogens is 1. The van der Waals surface area contributed by atoms with Crippen molar-refractivity contribution in [2.75, 3.05) is 11.3 Å². The number of hydrogen-bond acceptors (Lipinski definition) is 8. The molecule has 4 bridgehead atoms. The lowest BCUT2D eigenvalue weighted by molar-refractivity contribution is 0.0527. The van der Waals surface area contributed by atoms with Crippen molar-refractivity contribution in [3.8, 4) is 17.1 Å². The van der Waals surface area contributed by atoms with Gasteiger partial charge in [0.25, 0.3) is 15.9 Å². The van der Waals surface area contributed by atoms with E-state index in [0.717, 1.165) is 42.4 Å². The number of aryl methyl sites for hydroxylation is 2. The predicted molar refractivity (Wildman–Crippen MR) is 172 cm³/mol. The number of sulfonamides is 1. The summed E-state index contributed by atoms with van der Waals surface area (Å²) in [6.45, 7) is 4.20. The fourth-order valence-corrected chi connectivity index (χ4v) is 7.46. The van der Waals surface area contributed by atoms with Crippen molar-refractivity contribution in [2.24, 2.45) is 5.92 Å². The smallest absolute Gasteiger partial charge is 0.264 e. The van der Waals surface area contributed by atoms with Crippen LogP contribution in [0.1, 0.15) is 65.7 Å². The van der Waals surface area contributed by atoms with Crippen LogP contribution < -0.4 is 9.46 Å². The molecule has 12 heteroatoms. The number of nitrogens with one attached hydrogen (secondary N) is 1. The zero-order chi connectivity index (χ0) is 31.6. The van der Waals surface area contributed by atoms with Gasteiger partial charge >= 0.3 is 0 Å². The molecule has 0 spiro atoms. The Morgan fingerprint density at radius 1 is 0.978 bits per heavy atom. The molecule has 1 amide bonds. The second-order valence-corrected chi connectivity index (χ2v) is 13.9. The highest BCUT2D eigenvalue weighted by molar-refractivity contribution is 7.92. The fourth-order valence-electron chi connectivity index (χ4n) is 6.30. The first-order valence-electron chi connectivity index (χ1n) is 15.1. The monoisotopic (exact) mass is 646 g/mol. The maximum absolute atomic E-state index is 14.3. The molecule has 1 saturated carbocycles. The molecule has 4 aromatic rings. The lowest BCUT2D eigenvalue weighted by atomic mass is 9.84. The van der Waals surface area contributed by atoms with Gasteiger partial charge in [0.1, 0.15) is 11.8 Å². The first-order valence-corrected chi connectivity index (χ1v) is 17.0. The van der Waals surface area contributed by atoms with Gasteiger partial charge in [0.15, 0.2) is 0 Å². The number of anilines is 1. The first kappa shape index (κ1) is 30.9. The van der Waals surface area contributed by atoms with E-state index < -0.39 is 10.0 Å². The van der Waals surface area contributed by atoms with Crippen LogP contribution in [0.15, 0.2) is 65.8 Å². The van der Waals surface area contributed by atoms with E-state index in [9.17, 15) is 13.2 Å². The average Bonchev–Trinajstić information content (AvgIpc) is 3.02. The van der Waals surface area contributed by atoms with Crippen molar-refractivity contribution in [3.63, 3.8) is 0 Å². The quantitative estimate of drug-likeness (QED) is 0.265. The highest BCUT2D eigenvalue weighted by Crippen LogP contribution is 2.32. The summed E-state index contributed by atoms with van der Waals surface area (Å²) in [5.74, 6) is 0.153. The molecule has 2 aliphatic rings. The summed E-state index contributed by atoms with van der Waals surface area (Å²) in [6.07, 6.45) is 9.37. The Balaban J connectivity index is 1.49. The molecule has 0 saturated heterocycles. The van der Waals surface area contributed by atoms with Crippen molar-refractivity contribution in [1.29, 1.82) is 0 Å². The van der Waals surface area contributed by atoms with Crippen LogP contribution in [0.3, 0.4) is 0 Å². The third-order valence-electron chi connectivity index (χ3n) is 8.50. The van der Waals surface area contributed by atoms with E-state index in [1.807, 2.05) is 32.0 Å². The SMILES string of the molecule is Cc1cccc(C)c1-c1cc2nc(n1)NS(=O)(=O)c1cccc(c1)C(=O)N(Cc1cncc(Cl)n1)[C@H](CC1CCCCC1)CO2. The van der Waals surface area contributed by atoms with Gasteiger partial charge in [-0.15, -0.1) is 0 Å².